The number of anilines is 1. The molecule has 0 aliphatic carbocycles. The summed E-state index contributed by atoms with van der Waals surface area (Å²) in [6.07, 6.45) is 0. The number of nitrogens with one attached hydrogen (secondary N) is 1. The van der Waals surface area contributed by atoms with Crippen LogP contribution in [0.3, 0.4) is 0 Å². The van der Waals surface area contributed by atoms with Gasteiger partial charge in [0.15, 0.2) is 11.5 Å². The van der Waals surface area contributed by atoms with Gasteiger partial charge in [0, 0.05) is 16.6 Å². The van der Waals surface area contributed by atoms with Crippen LogP contribution in [0.2, 0.25) is 0 Å². The highest BCUT2D eigenvalue weighted by Gasteiger charge is 2.21. The summed E-state index contributed by atoms with van der Waals surface area (Å²) in [5.74, 6) is 1.12. The summed E-state index contributed by atoms with van der Waals surface area (Å²) in [6.45, 7) is 7.17. The summed E-state index contributed by atoms with van der Waals surface area (Å²) in [7, 11) is -3.70. The zero-order valence-corrected chi connectivity index (χ0v) is 16.7. The Bertz CT molecular complexity index is 887. The molecule has 0 saturated heterocycles. The highest BCUT2D eigenvalue weighted by Crippen LogP contribution is 2.39. The van der Waals surface area contributed by atoms with Crippen LogP contribution in [0.5, 0.6) is 11.5 Å². The van der Waals surface area contributed by atoms with Crippen LogP contribution in [0.15, 0.2) is 45.8 Å². The van der Waals surface area contributed by atoms with Crippen molar-refractivity contribution in [2.45, 2.75) is 31.1 Å². The van der Waals surface area contributed by atoms with Gasteiger partial charge in [-0.15, -0.1) is 0 Å². The molecule has 134 valence electrons. The van der Waals surface area contributed by atoms with Gasteiger partial charge in [0.25, 0.3) is 10.0 Å². The number of sulfonamides is 1. The fourth-order valence-electron chi connectivity index (χ4n) is 2.48. The maximum atomic E-state index is 12.7. The molecule has 1 aliphatic rings. The lowest BCUT2D eigenvalue weighted by Gasteiger charge is -2.21. The number of hydrogen-bond acceptors (Lipinski definition) is 4. The molecule has 7 heteroatoms. The largest absolute Gasteiger partial charge is 0.486 e. The van der Waals surface area contributed by atoms with E-state index in [1.54, 1.807) is 24.3 Å². The van der Waals surface area contributed by atoms with Crippen LogP contribution in [0.4, 0.5) is 5.69 Å². The topological polar surface area (TPSA) is 64.6 Å². The summed E-state index contributed by atoms with van der Waals surface area (Å²) < 4.78 is 39.5. The molecule has 1 N–H and O–H groups in total. The minimum atomic E-state index is -3.70. The molecule has 1 aliphatic heterocycles. The lowest BCUT2D eigenvalue weighted by molar-refractivity contribution is 0.171. The van der Waals surface area contributed by atoms with E-state index in [1.807, 2.05) is 12.1 Å². The van der Waals surface area contributed by atoms with Gasteiger partial charge in [0.05, 0.1) is 10.6 Å². The Hall–Kier alpha value is -1.73. The number of ether oxygens (including phenoxy) is 2. The van der Waals surface area contributed by atoms with Gasteiger partial charge in [0.2, 0.25) is 0 Å². The average molecular weight is 426 g/mol. The van der Waals surface area contributed by atoms with E-state index >= 15 is 0 Å². The van der Waals surface area contributed by atoms with Gasteiger partial charge >= 0.3 is 0 Å². The summed E-state index contributed by atoms with van der Waals surface area (Å²) in [5, 5.41) is 0. The van der Waals surface area contributed by atoms with Crippen molar-refractivity contribution in [1.82, 2.24) is 0 Å². The van der Waals surface area contributed by atoms with Gasteiger partial charge < -0.3 is 9.47 Å². The fourth-order valence-corrected chi connectivity index (χ4v) is 4.10. The molecular formula is C18H20BrNO4S. The molecule has 5 nitrogen and oxygen atoms in total. The molecule has 0 bridgehead atoms. The van der Waals surface area contributed by atoms with Crippen LogP contribution >= 0.6 is 15.9 Å². The Morgan fingerprint density at radius 2 is 1.56 bits per heavy atom. The number of rotatable bonds is 3. The molecule has 0 saturated carbocycles. The Balaban J connectivity index is 1.89. The minimum absolute atomic E-state index is 0.0332. The average Bonchev–Trinajstić information content (AvgIpc) is 2.55. The highest BCUT2D eigenvalue weighted by molar-refractivity contribution is 9.10. The third kappa shape index (κ3) is 3.93. The Kier molecular flexibility index (Phi) is 4.72. The van der Waals surface area contributed by atoms with Gasteiger partial charge in [-0.05, 0) is 39.0 Å². The number of halogens is 1. The molecule has 0 aromatic heterocycles. The van der Waals surface area contributed by atoms with E-state index in [0.29, 0.717) is 34.9 Å². The Morgan fingerprint density at radius 3 is 2.12 bits per heavy atom. The second-order valence-electron chi connectivity index (χ2n) is 6.86. The number of benzene rings is 2. The van der Waals surface area contributed by atoms with Crippen LogP contribution in [0.25, 0.3) is 0 Å². The van der Waals surface area contributed by atoms with Crippen LogP contribution in [-0.4, -0.2) is 21.6 Å². The molecule has 0 unspecified atom stereocenters. The second kappa shape index (κ2) is 6.53. The first-order valence-electron chi connectivity index (χ1n) is 7.89. The van der Waals surface area contributed by atoms with E-state index < -0.39 is 10.0 Å². The second-order valence-corrected chi connectivity index (χ2v) is 9.39. The zero-order chi connectivity index (χ0) is 18.2. The van der Waals surface area contributed by atoms with E-state index in [4.69, 9.17) is 9.47 Å². The van der Waals surface area contributed by atoms with Crippen LogP contribution in [0.1, 0.15) is 26.3 Å². The van der Waals surface area contributed by atoms with Gasteiger partial charge in [-0.2, -0.15) is 0 Å². The molecule has 0 fully saturated rings. The van der Waals surface area contributed by atoms with Crippen molar-refractivity contribution in [3.8, 4) is 11.5 Å². The molecule has 0 spiro atoms. The van der Waals surface area contributed by atoms with E-state index in [1.165, 1.54) is 0 Å². The standard InChI is InChI=1S/C18H20BrNO4S/c1-18(2,3)12-4-6-13(7-5-12)25(21,22)20-15-11-17-16(10-14(15)19)23-8-9-24-17/h4-7,10-11,20H,8-9H2,1-3H3. The predicted molar refractivity (Wildman–Crippen MR) is 101 cm³/mol. The third-order valence-corrected chi connectivity index (χ3v) is 5.94. The molecule has 0 atom stereocenters. The smallest absolute Gasteiger partial charge is 0.261 e. The summed E-state index contributed by atoms with van der Waals surface area (Å²) in [4.78, 5) is 0.210. The van der Waals surface area contributed by atoms with Gasteiger partial charge in [0.1, 0.15) is 13.2 Å². The van der Waals surface area contributed by atoms with E-state index in [0.717, 1.165) is 5.56 Å². The fraction of sp³-hybridized carbons (Fsp3) is 0.333. The van der Waals surface area contributed by atoms with Gasteiger partial charge in [-0.25, -0.2) is 8.42 Å². The lowest BCUT2D eigenvalue weighted by Crippen LogP contribution is -2.17. The molecular weight excluding hydrogens is 406 g/mol. The Morgan fingerprint density at radius 1 is 1.00 bits per heavy atom. The van der Waals surface area contributed by atoms with Crippen molar-refractivity contribution in [2.24, 2.45) is 0 Å². The molecule has 3 rings (SSSR count). The maximum Gasteiger partial charge on any atom is 0.261 e. The highest BCUT2D eigenvalue weighted by atomic mass is 79.9. The quantitative estimate of drug-likeness (QED) is 0.794. The van der Waals surface area contributed by atoms with E-state index in [2.05, 4.69) is 41.4 Å². The molecule has 25 heavy (non-hydrogen) atoms. The van der Waals surface area contributed by atoms with Crippen molar-refractivity contribution < 1.29 is 17.9 Å². The van der Waals surface area contributed by atoms with Crippen LogP contribution in [0, 0.1) is 0 Å². The summed E-state index contributed by atoms with van der Waals surface area (Å²) >= 11 is 3.38. The van der Waals surface area contributed by atoms with Crippen LogP contribution in [-0.2, 0) is 15.4 Å². The van der Waals surface area contributed by atoms with E-state index in [9.17, 15) is 8.42 Å². The van der Waals surface area contributed by atoms with Crippen molar-refractivity contribution in [3.63, 3.8) is 0 Å². The molecule has 2 aromatic rings. The molecule has 0 radical (unpaired) electrons. The monoisotopic (exact) mass is 425 g/mol. The first kappa shape index (κ1) is 18.1. The minimum Gasteiger partial charge on any atom is -0.486 e. The first-order chi connectivity index (χ1) is 11.7. The van der Waals surface area contributed by atoms with Gasteiger partial charge in [-0.3, -0.25) is 4.72 Å². The van der Waals surface area contributed by atoms with Gasteiger partial charge in [-0.1, -0.05) is 32.9 Å². The molecule has 0 amide bonds. The predicted octanol–water partition coefficient (Wildman–Crippen LogP) is 4.32. The van der Waals surface area contributed by atoms with E-state index in [-0.39, 0.29) is 10.3 Å². The zero-order valence-electron chi connectivity index (χ0n) is 14.3. The SMILES string of the molecule is CC(C)(C)c1ccc(S(=O)(=O)Nc2cc3c(cc2Br)OCCO3)cc1. The number of fused-ring (bicyclic) bond motifs is 1. The molecule has 1 heterocycles. The van der Waals surface area contributed by atoms with Crippen LogP contribution < -0.4 is 14.2 Å². The normalized spacial score (nSPS) is 14.2. The first-order valence-corrected chi connectivity index (χ1v) is 10.2. The van der Waals surface area contributed by atoms with Crippen molar-refractivity contribution in [2.75, 3.05) is 17.9 Å². The van der Waals surface area contributed by atoms with Crippen molar-refractivity contribution in [3.05, 3.63) is 46.4 Å². The third-order valence-electron chi connectivity index (χ3n) is 3.91. The van der Waals surface area contributed by atoms with Crippen molar-refractivity contribution >= 4 is 31.6 Å². The number of hydrogen-bond donors (Lipinski definition) is 1. The summed E-state index contributed by atoms with van der Waals surface area (Å²) in [5.41, 5.74) is 1.45. The maximum absolute atomic E-state index is 12.7. The summed E-state index contributed by atoms with van der Waals surface area (Å²) in [6, 6.07) is 10.2. The molecule has 2 aromatic carbocycles. The lowest BCUT2D eigenvalue weighted by atomic mass is 9.87. The Labute approximate surface area is 156 Å². The van der Waals surface area contributed by atoms with Crippen molar-refractivity contribution in [1.29, 1.82) is 0 Å².